The van der Waals surface area contributed by atoms with Crippen molar-refractivity contribution in [1.82, 2.24) is 20.3 Å². The normalized spacial score (nSPS) is 10.4. The van der Waals surface area contributed by atoms with Gasteiger partial charge in [0.2, 0.25) is 0 Å². The van der Waals surface area contributed by atoms with Gasteiger partial charge >= 0.3 is 0 Å². The van der Waals surface area contributed by atoms with Crippen LogP contribution in [0.2, 0.25) is 0 Å². The number of carbonyl (C=O) groups excluding carboxylic acids is 1. The minimum atomic E-state index is -0.194. The quantitative estimate of drug-likeness (QED) is 0.712. The molecule has 0 saturated heterocycles. The molecule has 0 aliphatic carbocycles. The van der Waals surface area contributed by atoms with Crippen molar-refractivity contribution in [3.63, 3.8) is 0 Å². The molecule has 5 nitrogen and oxygen atoms in total. The van der Waals surface area contributed by atoms with Gasteiger partial charge in [-0.15, -0.1) is 5.10 Å². The fourth-order valence-electron chi connectivity index (χ4n) is 2.28. The van der Waals surface area contributed by atoms with E-state index < -0.39 is 0 Å². The molecule has 3 aromatic rings. The van der Waals surface area contributed by atoms with Gasteiger partial charge in [-0.25, -0.2) is 0 Å². The Labute approximate surface area is 135 Å². The molecular weight excluding hydrogens is 288 g/mol. The summed E-state index contributed by atoms with van der Waals surface area (Å²) in [4.78, 5) is 13.5. The molecule has 0 aliphatic rings. The van der Waals surface area contributed by atoms with E-state index >= 15 is 0 Å². The van der Waals surface area contributed by atoms with Crippen molar-refractivity contribution >= 4 is 5.91 Å². The van der Waals surface area contributed by atoms with Gasteiger partial charge in [-0.1, -0.05) is 48.5 Å². The lowest BCUT2D eigenvalue weighted by Crippen LogP contribution is -2.25. The third-order valence-electron chi connectivity index (χ3n) is 3.48. The molecule has 0 unspecified atom stereocenters. The molecular formula is C18H18N4O. The van der Waals surface area contributed by atoms with Gasteiger partial charge in [0.05, 0.1) is 11.9 Å². The minimum absolute atomic E-state index is 0.194. The predicted molar refractivity (Wildman–Crippen MR) is 88.5 cm³/mol. The lowest BCUT2D eigenvalue weighted by Gasteiger charge is -2.03. The number of aromatic nitrogens is 3. The zero-order chi connectivity index (χ0) is 15.9. The Morgan fingerprint density at radius 3 is 2.43 bits per heavy atom. The lowest BCUT2D eigenvalue weighted by molar-refractivity contribution is 0.0948. The summed E-state index contributed by atoms with van der Waals surface area (Å²) in [7, 11) is 0. The van der Waals surface area contributed by atoms with Gasteiger partial charge < -0.3 is 5.32 Å². The smallest absolute Gasteiger partial charge is 0.273 e. The summed E-state index contributed by atoms with van der Waals surface area (Å²) in [6, 6.07) is 19.7. The van der Waals surface area contributed by atoms with E-state index in [-0.39, 0.29) is 5.91 Å². The SMILES string of the molecule is O=C(NCCCc1ccccc1)c1cnn(-c2ccccc2)n1. The highest BCUT2D eigenvalue weighted by Gasteiger charge is 2.10. The van der Waals surface area contributed by atoms with E-state index in [1.165, 1.54) is 16.6 Å². The molecule has 1 aromatic heterocycles. The maximum atomic E-state index is 12.1. The van der Waals surface area contributed by atoms with Crippen LogP contribution in [0.3, 0.4) is 0 Å². The first kappa shape index (κ1) is 15.0. The second-order valence-corrected chi connectivity index (χ2v) is 5.20. The molecule has 0 aliphatic heterocycles. The van der Waals surface area contributed by atoms with E-state index in [0.717, 1.165) is 18.5 Å². The summed E-state index contributed by atoms with van der Waals surface area (Å²) in [5, 5.41) is 11.2. The van der Waals surface area contributed by atoms with Gasteiger partial charge in [0.1, 0.15) is 0 Å². The molecule has 116 valence electrons. The molecule has 0 radical (unpaired) electrons. The van der Waals surface area contributed by atoms with Crippen molar-refractivity contribution < 1.29 is 4.79 Å². The van der Waals surface area contributed by atoms with Crippen molar-refractivity contribution in [1.29, 1.82) is 0 Å². The third kappa shape index (κ3) is 4.03. The van der Waals surface area contributed by atoms with E-state index in [1.807, 2.05) is 48.5 Å². The Morgan fingerprint density at radius 1 is 1.00 bits per heavy atom. The molecule has 1 heterocycles. The van der Waals surface area contributed by atoms with Gasteiger partial charge in [0.25, 0.3) is 5.91 Å². The van der Waals surface area contributed by atoms with E-state index in [2.05, 4.69) is 27.6 Å². The number of nitrogens with zero attached hydrogens (tertiary/aromatic N) is 3. The first-order chi connectivity index (χ1) is 11.3. The molecule has 5 heteroatoms. The molecule has 0 atom stereocenters. The van der Waals surface area contributed by atoms with Crippen LogP contribution in [-0.4, -0.2) is 27.4 Å². The number of rotatable bonds is 6. The number of benzene rings is 2. The molecule has 0 bridgehead atoms. The highest BCUT2D eigenvalue weighted by molar-refractivity contribution is 5.91. The molecule has 23 heavy (non-hydrogen) atoms. The first-order valence-corrected chi connectivity index (χ1v) is 7.63. The summed E-state index contributed by atoms with van der Waals surface area (Å²) in [5.74, 6) is -0.194. The lowest BCUT2D eigenvalue weighted by atomic mass is 10.1. The second-order valence-electron chi connectivity index (χ2n) is 5.20. The van der Waals surface area contributed by atoms with Crippen molar-refractivity contribution in [3.05, 3.63) is 78.1 Å². The average Bonchev–Trinajstić information content (AvgIpc) is 3.10. The number of amides is 1. The van der Waals surface area contributed by atoms with Crippen LogP contribution < -0.4 is 5.32 Å². The van der Waals surface area contributed by atoms with Crippen LogP contribution >= 0.6 is 0 Å². The van der Waals surface area contributed by atoms with Gasteiger partial charge in [0.15, 0.2) is 5.69 Å². The summed E-state index contributed by atoms with van der Waals surface area (Å²) in [6.45, 7) is 0.617. The summed E-state index contributed by atoms with van der Waals surface area (Å²) in [5.41, 5.74) is 2.43. The van der Waals surface area contributed by atoms with Crippen molar-refractivity contribution in [2.75, 3.05) is 6.54 Å². The average molecular weight is 306 g/mol. The van der Waals surface area contributed by atoms with Crippen molar-refractivity contribution in [2.24, 2.45) is 0 Å². The predicted octanol–water partition coefficient (Wildman–Crippen LogP) is 2.63. The highest BCUT2D eigenvalue weighted by atomic mass is 16.2. The molecule has 1 amide bonds. The summed E-state index contributed by atoms with van der Waals surface area (Å²) in [6.07, 6.45) is 3.32. The van der Waals surface area contributed by atoms with E-state index in [9.17, 15) is 4.79 Å². The Bertz CT molecular complexity index is 753. The summed E-state index contributed by atoms with van der Waals surface area (Å²) >= 11 is 0. The Balaban J connectivity index is 1.50. The number of carbonyl (C=O) groups is 1. The van der Waals surface area contributed by atoms with Gasteiger partial charge in [-0.3, -0.25) is 4.79 Å². The molecule has 0 spiro atoms. The van der Waals surface area contributed by atoms with Crippen LogP contribution in [0.4, 0.5) is 0 Å². The number of para-hydroxylation sites is 1. The Morgan fingerprint density at radius 2 is 1.70 bits per heavy atom. The van der Waals surface area contributed by atoms with Crippen LogP contribution in [-0.2, 0) is 6.42 Å². The van der Waals surface area contributed by atoms with Crippen LogP contribution in [0.25, 0.3) is 5.69 Å². The Kier molecular flexibility index (Phi) is 4.79. The van der Waals surface area contributed by atoms with Crippen LogP contribution in [0.5, 0.6) is 0 Å². The molecule has 0 fully saturated rings. The fraction of sp³-hybridized carbons (Fsp3) is 0.167. The van der Waals surface area contributed by atoms with Crippen molar-refractivity contribution in [3.8, 4) is 5.69 Å². The zero-order valence-electron chi connectivity index (χ0n) is 12.7. The maximum Gasteiger partial charge on any atom is 0.273 e. The number of aryl methyl sites for hydroxylation is 1. The van der Waals surface area contributed by atoms with Crippen molar-refractivity contribution in [2.45, 2.75) is 12.8 Å². The second kappa shape index (κ2) is 7.35. The molecule has 1 N–H and O–H groups in total. The molecule has 2 aromatic carbocycles. The number of hydrogen-bond donors (Lipinski definition) is 1. The monoisotopic (exact) mass is 306 g/mol. The Hall–Kier alpha value is -2.95. The maximum absolute atomic E-state index is 12.1. The third-order valence-corrected chi connectivity index (χ3v) is 3.48. The number of hydrogen-bond acceptors (Lipinski definition) is 3. The molecule has 3 rings (SSSR count). The fourth-order valence-corrected chi connectivity index (χ4v) is 2.28. The largest absolute Gasteiger partial charge is 0.351 e. The van der Waals surface area contributed by atoms with Gasteiger partial charge in [0, 0.05) is 6.54 Å². The van der Waals surface area contributed by atoms with Crippen LogP contribution in [0, 0.1) is 0 Å². The standard InChI is InChI=1S/C18H18N4O/c23-18(19-13-7-10-15-8-3-1-4-9-15)17-14-20-22(21-17)16-11-5-2-6-12-16/h1-6,8-9,11-12,14H,7,10,13H2,(H,19,23). The summed E-state index contributed by atoms with van der Waals surface area (Å²) < 4.78 is 0. The van der Waals surface area contributed by atoms with Crippen LogP contribution in [0.15, 0.2) is 66.9 Å². The first-order valence-electron chi connectivity index (χ1n) is 7.63. The number of nitrogens with one attached hydrogen (secondary N) is 1. The topological polar surface area (TPSA) is 59.8 Å². The van der Waals surface area contributed by atoms with Gasteiger partial charge in [-0.05, 0) is 30.5 Å². The van der Waals surface area contributed by atoms with E-state index in [4.69, 9.17) is 0 Å². The van der Waals surface area contributed by atoms with E-state index in [1.54, 1.807) is 0 Å². The van der Waals surface area contributed by atoms with Gasteiger partial charge in [-0.2, -0.15) is 9.90 Å². The molecule has 0 saturated carbocycles. The zero-order valence-corrected chi connectivity index (χ0v) is 12.7. The van der Waals surface area contributed by atoms with E-state index in [0.29, 0.717) is 12.2 Å². The minimum Gasteiger partial charge on any atom is -0.351 e. The highest BCUT2D eigenvalue weighted by Crippen LogP contribution is 2.04. The van der Waals surface area contributed by atoms with Crippen LogP contribution in [0.1, 0.15) is 22.5 Å².